The Labute approximate surface area is 145 Å². The Morgan fingerprint density at radius 2 is 1.42 bits per heavy atom. The van der Waals surface area contributed by atoms with E-state index in [2.05, 4.69) is 4.98 Å². The fraction of sp³-hybridized carbons (Fsp3) is 0.550. The molecule has 2 rings (SSSR count). The molecular weight excluding hydrogens is 311 g/mol. The number of fused-ring (bicyclic) bond motifs is 1. The average molecular weight is 343 g/mol. The number of halogens is 3. The minimum atomic E-state index is -4.36. The Morgan fingerprint density at radius 1 is 0.875 bits per heavy atom. The Morgan fingerprint density at radius 3 is 1.88 bits per heavy atom. The quantitative estimate of drug-likeness (QED) is 0.549. The predicted molar refractivity (Wildman–Crippen MR) is 99.3 cm³/mol. The molecule has 1 aromatic heterocycles. The number of aromatic nitrogens is 1. The summed E-state index contributed by atoms with van der Waals surface area (Å²) in [5.41, 5.74) is 0.0861. The normalized spacial score (nSPS) is 10.0. The number of hydrogen-bond acceptors (Lipinski definition) is 1. The van der Waals surface area contributed by atoms with Crippen LogP contribution in [0.5, 0.6) is 0 Å². The summed E-state index contributed by atoms with van der Waals surface area (Å²) in [5.74, 6) is 0.369. The van der Waals surface area contributed by atoms with E-state index in [0.29, 0.717) is 23.4 Å². The van der Waals surface area contributed by atoms with Gasteiger partial charge in [-0.15, -0.1) is 0 Å². The highest BCUT2D eigenvalue weighted by Gasteiger charge is 2.33. The molecule has 0 saturated carbocycles. The molecule has 24 heavy (non-hydrogen) atoms. The Kier molecular flexibility index (Phi) is 13.2. The molecule has 0 amide bonds. The van der Waals surface area contributed by atoms with Crippen LogP contribution in [0.1, 0.15) is 66.6 Å². The molecule has 0 N–H and O–H groups in total. The predicted octanol–water partition coefficient (Wildman–Crippen LogP) is 7.53. The number of alkyl halides is 3. The van der Waals surface area contributed by atoms with E-state index >= 15 is 0 Å². The zero-order valence-corrected chi connectivity index (χ0v) is 16.3. The lowest BCUT2D eigenvalue weighted by Crippen LogP contribution is -2.07. The standard InChI is InChI=1S/C14H14F3N.3C2H6/c1-9(2)8-11-7-6-10-4-3-5-12(13(10)18-11)14(15,16)17;3*1-2/h3-7,9H,8H2,1-2H3;3*1-2H3. The van der Waals surface area contributed by atoms with Crippen molar-refractivity contribution in [3.8, 4) is 0 Å². The molecule has 2 aromatic rings. The summed E-state index contributed by atoms with van der Waals surface area (Å²) < 4.78 is 38.6. The van der Waals surface area contributed by atoms with E-state index in [1.54, 1.807) is 18.2 Å². The van der Waals surface area contributed by atoms with Gasteiger partial charge in [-0.1, -0.05) is 73.6 Å². The van der Waals surface area contributed by atoms with Crippen LogP contribution in [0.2, 0.25) is 0 Å². The van der Waals surface area contributed by atoms with Crippen LogP contribution in [0.15, 0.2) is 30.3 Å². The molecule has 0 atom stereocenters. The van der Waals surface area contributed by atoms with Gasteiger partial charge in [0, 0.05) is 11.1 Å². The van der Waals surface area contributed by atoms with Gasteiger partial charge < -0.3 is 0 Å². The van der Waals surface area contributed by atoms with Crippen molar-refractivity contribution in [2.75, 3.05) is 0 Å². The van der Waals surface area contributed by atoms with Crippen LogP contribution in [0.3, 0.4) is 0 Å². The van der Waals surface area contributed by atoms with Gasteiger partial charge in [0.2, 0.25) is 0 Å². The maximum Gasteiger partial charge on any atom is 0.418 e. The van der Waals surface area contributed by atoms with Gasteiger partial charge in [0.05, 0.1) is 11.1 Å². The molecule has 1 heterocycles. The first-order valence-corrected chi connectivity index (χ1v) is 8.84. The number of rotatable bonds is 2. The van der Waals surface area contributed by atoms with Crippen molar-refractivity contribution >= 4 is 10.9 Å². The molecule has 1 aromatic carbocycles. The number of nitrogens with zero attached hydrogens (tertiary/aromatic N) is 1. The fourth-order valence-electron chi connectivity index (χ4n) is 1.95. The molecule has 4 heteroatoms. The molecule has 0 bridgehead atoms. The van der Waals surface area contributed by atoms with Crippen molar-refractivity contribution in [3.05, 3.63) is 41.6 Å². The molecule has 0 radical (unpaired) electrons. The molecule has 0 aliphatic carbocycles. The van der Waals surface area contributed by atoms with Gasteiger partial charge in [0.25, 0.3) is 0 Å². The molecule has 0 aliphatic heterocycles. The van der Waals surface area contributed by atoms with E-state index in [4.69, 9.17) is 0 Å². The van der Waals surface area contributed by atoms with Crippen LogP contribution in [0, 0.1) is 5.92 Å². The molecular formula is C20H32F3N. The van der Waals surface area contributed by atoms with Gasteiger partial charge in [-0.2, -0.15) is 13.2 Å². The van der Waals surface area contributed by atoms with E-state index in [1.807, 2.05) is 55.4 Å². The zero-order chi connectivity index (χ0) is 19.3. The van der Waals surface area contributed by atoms with Crippen LogP contribution in [0.25, 0.3) is 10.9 Å². The maximum atomic E-state index is 12.9. The smallest absolute Gasteiger partial charge is 0.252 e. The van der Waals surface area contributed by atoms with Gasteiger partial charge in [0.1, 0.15) is 0 Å². The SMILES string of the molecule is CC.CC.CC.CC(C)Cc1ccc2cccc(C(F)(F)F)c2n1. The van der Waals surface area contributed by atoms with E-state index in [9.17, 15) is 13.2 Å². The third-order valence-corrected chi connectivity index (χ3v) is 2.70. The molecule has 1 nitrogen and oxygen atoms in total. The largest absolute Gasteiger partial charge is 0.418 e. The van der Waals surface area contributed by atoms with E-state index < -0.39 is 11.7 Å². The first-order valence-electron chi connectivity index (χ1n) is 8.84. The second-order valence-corrected chi connectivity index (χ2v) is 4.78. The van der Waals surface area contributed by atoms with Crippen molar-refractivity contribution in [1.82, 2.24) is 4.98 Å². The monoisotopic (exact) mass is 343 g/mol. The summed E-state index contributed by atoms with van der Waals surface area (Å²) in [6, 6.07) is 7.64. The van der Waals surface area contributed by atoms with Crippen LogP contribution >= 0.6 is 0 Å². The number of para-hydroxylation sites is 1. The van der Waals surface area contributed by atoms with Gasteiger partial charge in [-0.25, -0.2) is 0 Å². The molecule has 0 saturated heterocycles. The van der Waals surface area contributed by atoms with Crippen molar-refractivity contribution in [3.63, 3.8) is 0 Å². The lowest BCUT2D eigenvalue weighted by Gasteiger charge is -2.11. The lowest BCUT2D eigenvalue weighted by atomic mass is 10.0. The lowest BCUT2D eigenvalue weighted by molar-refractivity contribution is -0.136. The van der Waals surface area contributed by atoms with Crippen LogP contribution in [0.4, 0.5) is 13.2 Å². The Balaban J connectivity index is 0. The summed E-state index contributed by atoms with van der Waals surface area (Å²) in [6.07, 6.45) is -3.68. The van der Waals surface area contributed by atoms with E-state index in [0.717, 1.165) is 6.07 Å². The summed E-state index contributed by atoms with van der Waals surface area (Å²) in [5, 5.41) is 0.525. The van der Waals surface area contributed by atoms with Crippen molar-refractivity contribution in [1.29, 1.82) is 0 Å². The fourth-order valence-corrected chi connectivity index (χ4v) is 1.95. The van der Waals surface area contributed by atoms with Crippen LogP contribution in [-0.4, -0.2) is 4.98 Å². The van der Waals surface area contributed by atoms with Crippen LogP contribution in [-0.2, 0) is 12.6 Å². The van der Waals surface area contributed by atoms with Crippen molar-refractivity contribution in [2.24, 2.45) is 5.92 Å². The minimum absolute atomic E-state index is 0.0446. The number of pyridine rings is 1. The van der Waals surface area contributed by atoms with Crippen LogP contribution < -0.4 is 0 Å². The maximum absolute atomic E-state index is 12.9. The highest BCUT2D eigenvalue weighted by molar-refractivity contribution is 5.82. The van der Waals surface area contributed by atoms with E-state index in [-0.39, 0.29) is 5.52 Å². The molecule has 0 spiro atoms. The average Bonchev–Trinajstić information content (AvgIpc) is 2.58. The summed E-state index contributed by atoms with van der Waals surface area (Å²) in [7, 11) is 0. The Bertz CT molecular complexity index is 560. The minimum Gasteiger partial charge on any atom is -0.252 e. The summed E-state index contributed by atoms with van der Waals surface area (Å²) >= 11 is 0. The molecule has 0 fully saturated rings. The number of benzene rings is 1. The zero-order valence-electron chi connectivity index (χ0n) is 16.3. The van der Waals surface area contributed by atoms with Crippen molar-refractivity contribution in [2.45, 2.75) is 68.0 Å². The molecule has 0 unspecified atom stereocenters. The summed E-state index contributed by atoms with van der Waals surface area (Å²) in [6.45, 7) is 16.0. The third kappa shape index (κ3) is 7.80. The van der Waals surface area contributed by atoms with Gasteiger partial charge in [0.15, 0.2) is 0 Å². The first-order chi connectivity index (χ1) is 11.4. The topological polar surface area (TPSA) is 12.9 Å². The third-order valence-electron chi connectivity index (χ3n) is 2.70. The molecule has 138 valence electrons. The highest BCUT2D eigenvalue weighted by atomic mass is 19.4. The first kappa shape index (κ1) is 24.7. The van der Waals surface area contributed by atoms with Gasteiger partial charge >= 0.3 is 6.18 Å². The second-order valence-electron chi connectivity index (χ2n) is 4.78. The highest BCUT2D eigenvalue weighted by Crippen LogP contribution is 2.33. The Hall–Kier alpha value is -1.58. The molecule has 0 aliphatic rings. The summed E-state index contributed by atoms with van der Waals surface area (Å²) in [4.78, 5) is 4.16. The van der Waals surface area contributed by atoms with Crippen molar-refractivity contribution < 1.29 is 13.2 Å². The number of hydrogen-bond donors (Lipinski definition) is 0. The van der Waals surface area contributed by atoms with Gasteiger partial charge in [-0.05, 0) is 24.5 Å². The second kappa shape index (κ2) is 12.8. The van der Waals surface area contributed by atoms with E-state index in [1.165, 1.54) is 6.07 Å². The van der Waals surface area contributed by atoms with Gasteiger partial charge in [-0.3, -0.25) is 4.98 Å².